The molecule has 2 atom stereocenters. The van der Waals surface area contributed by atoms with Gasteiger partial charge < -0.3 is 26.0 Å². The molecule has 30 heavy (non-hydrogen) atoms. The van der Waals surface area contributed by atoms with E-state index in [1.165, 1.54) is 16.8 Å². The number of carboxylic acids is 1. The van der Waals surface area contributed by atoms with Crippen LogP contribution in [0.1, 0.15) is 28.8 Å². The van der Waals surface area contributed by atoms with Crippen LogP contribution >= 0.6 is 0 Å². The van der Waals surface area contributed by atoms with Gasteiger partial charge in [-0.3, -0.25) is 24.6 Å². The summed E-state index contributed by atoms with van der Waals surface area (Å²) in [5.74, 6) is -2.72. The smallest absolute Gasteiger partial charge is 0.304 e. The summed E-state index contributed by atoms with van der Waals surface area (Å²) in [5.41, 5.74) is 5.76. The zero-order valence-electron chi connectivity index (χ0n) is 15.9. The third-order valence-electron chi connectivity index (χ3n) is 4.84. The number of nitrogens with two attached hydrogens (primary N) is 1. The van der Waals surface area contributed by atoms with E-state index in [-0.39, 0.29) is 30.3 Å². The highest BCUT2D eigenvalue weighted by molar-refractivity contribution is 6.04. The van der Waals surface area contributed by atoms with Gasteiger partial charge in [-0.1, -0.05) is 0 Å². The molecular weight excluding hydrogens is 390 g/mol. The maximum atomic E-state index is 12.7. The number of carbonyl (C=O) groups is 3. The Labute approximate surface area is 171 Å². The fourth-order valence-electron chi connectivity index (χ4n) is 3.36. The molecule has 1 aromatic heterocycles. The molecule has 2 amide bonds. The lowest BCUT2D eigenvalue weighted by molar-refractivity contribution is -0.140. The maximum absolute atomic E-state index is 12.7. The van der Waals surface area contributed by atoms with Gasteiger partial charge in [0.05, 0.1) is 12.3 Å². The SMILES string of the molecule is N=C(N)c1ccc(NC(=O)c2cccn(C[C@@H]3C[C@@H](CC(=O)O)C(=O)N3)c2=O)cc1. The molecule has 0 aliphatic carbocycles. The molecule has 1 aromatic carbocycles. The largest absolute Gasteiger partial charge is 0.481 e. The zero-order chi connectivity index (χ0) is 21.8. The molecular formula is C20H21N5O5. The number of amides is 2. The summed E-state index contributed by atoms with van der Waals surface area (Å²) in [6.45, 7) is 0.134. The van der Waals surface area contributed by atoms with E-state index in [1.54, 1.807) is 30.3 Å². The second-order valence-corrected chi connectivity index (χ2v) is 7.06. The summed E-state index contributed by atoms with van der Waals surface area (Å²) in [6, 6.07) is 8.88. The molecule has 1 fully saturated rings. The highest BCUT2D eigenvalue weighted by Crippen LogP contribution is 2.20. The van der Waals surface area contributed by atoms with Crippen LogP contribution in [0, 0.1) is 11.3 Å². The average Bonchev–Trinajstić information content (AvgIpc) is 3.02. The molecule has 0 unspecified atom stereocenters. The van der Waals surface area contributed by atoms with Crippen molar-refractivity contribution in [3.8, 4) is 0 Å². The van der Waals surface area contributed by atoms with Crippen LogP contribution in [0.2, 0.25) is 0 Å². The van der Waals surface area contributed by atoms with E-state index in [1.807, 2.05) is 0 Å². The molecule has 0 radical (unpaired) electrons. The number of nitrogens with zero attached hydrogens (tertiary/aromatic N) is 1. The number of benzene rings is 1. The maximum Gasteiger partial charge on any atom is 0.304 e. The number of carboxylic acid groups (broad SMARTS) is 1. The summed E-state index contributed by atoms with van der Waals surface area (Å²) < 4.78 is 1.32. The van der Waals surface area contributed by atoms with Gasteiger partial charge in [-0.05, 0) is 42.8 Å². The number of carbonyl (C=O) groups excluding carboxylic acids is 2. The monoisotopic (exact) mass is 411 g/mol. The predicted octanol–water partition coefficient (Wildman–Crippen LogP) is 0.364. The van der Waals surface area contributed by atoms with Crippen LogP contribution in [-0.2, 0) is 16.1 Å². The summed E-state index contributed by atoms with van der Waals surface area (Å²) in [4.78, 5) is 48.0. The quantitative estimate of drug-likeness (QED) is 0.326. The molecule has 1 aliphatic rings. The first-order valence-electron chi connectivity index (χ1n) is 9.22. The van der Waals surface area contributed by atoms with Gasteiger partial charge in [0, 0.05) is 30.0 Å². The zero-order valence-corrected chi connectivity index (χ0v) is 15.9. The lowest BCUT2D eigenvalue weighted by Gasteiger charge is -2.13. The predicted molar refractivity (Wildman–Crippen MR) is 108 cm³/mol. The number of nitrogens with one attached hydrogen (secondary N) is 3. The number of nitrogen functional groups attached to an aromatic ring is 1. The van der Waals surface area contributed by atoms with E-state index in [2.05, 4.69) is 10.6 Å². The van der Waals surface area contributed by atoms with Crippen LogP contribution in [0.3, 0.4) is 0 Å². The molecule has 6 N–H and O–H groups in total. The Bertz CT molecular complexity index is 1060. The molecule has 10 heteroatoms. The van der Waals surface area contributed by atoms with Crippen molar-refractivity contribution in [2.24, 2.45) is 11.7 Å². The first-order chi connectivity index (χ1) is 14.2. The second-order valence-electron chi connectivity index (χ2n) is 7.06. The van der Waals surface area contributed by atoms with E-state index in [4.69, 9.17) is 16.2 Å². The van der Waals surface area contributed by atoms with Crippen molar-refractivity contribution < 1.29 is 19.5 Å². The van der Waals surface area contributed by atoms with E-state index in [9.17, 15) is 19.2 Å². The molecule has 0 bridgehead atoms. The number of rotatable bonds is 7. The van der Waals surface area contributed by atoms with E-state index in [0.29, 0.717) is 17.7 Å². The van der Waals surface area contributed by atoms with Crippen LogP contribution < -0.4 is 21.9 Å². The van der Waals surface area contributed by atoms with Crippen molar-refractivity contribution in [3.05, 3.63) is 64.1 Å². The molecule has 0 spiro atoms. The summed E-state index contributed by atoms with van der Waals surface area (Å²) >= 11 is 0. The van der Waals surface area contributed by atoms with Crippen LogP contribution in [0.25, 0.3) is 0 Å². The van der Waals surface area contributed by atoms with Crippen LogP contribution in [0.15, 0.2) is 47.4 Å². The molecule has 10 nitrogen and oxygen atoms in total. The van der Waals surface area contributed by atoms with Crippen LogP contribution in [0.5, 0.6) is 0 Å². The van der Waals surface area contributed by atoms with Crippen molar-refractivity contribution in [3.63, 3.8) is 0 Å². The number of anilines is 1. The third kappa shape index (κ3) is 4.72. The van der Waals surface area contributed by atoms with Crippen molar-refractivity contribution in [1.29, 1.82) is 5.41 Å². The van der Waals surface area contributed by atoms with Crippen molar-refractivity contribution in [2.45, 2.75) is 25.4 Å². The first kappa shape index (κ1) is 20.8. The number of amidine groups is 1. The van der Waals surface area contributed by atoms with Gasteiger partial charge in [-0.2, -0.15) is 0 Å². The number of hydrogen-bond acceptors (Lipinski definition) is 5. The standard InChI is InChI=1S/C20H21N5O5/c21-17(22)11-3-5-13(6-4-11)23-19(29)15-2-1-7-25(20(15)30)10-14-8-12(9-16(26)27)18(28)24-14/h1-7,12,14H,8-10H2,(H3,21,22)(H,23,29)(H,24,28)(H,26,27)/t12-,14-/m0/s1. The summed E-state index contributed by atoms with van der Waals surface area (Å²) in [5, 5.41) is 21.6. The fourth-order valence-corrected chi connectivity index (χ4v) is 3.36. The minimum Gasteiger partial charge on any atom is -0.481 e. The van der Waals surface area contributed by atoms with Crippen molar-refractivity contribution >= 4 is 29.3 Å². The Morgan fingerprint density at radius 3 is 2.57 bits per heavy atom. The number of aliphatic carboxylic acids is 1. The van der Waals surface area contributed by atoms with Gasteiger partial charge in [0.15, 0.2) is 0 Å². The molecule has 2 aromatic rings. The number of hydrogen-bond donors (Lipinski definition) is 5. The molecule has 3 rings (SSSR count). The normalized spacial score (nSPS) is 17.9. The average molecular weight is 411 g/mol. The lowest BCUT2D eigenvalue weighted by atomic mass is 10.0. The molecule has 1 saturated heterocycles. The molecule has 1 aliphatic heterocycles. The molecule has 0 saturated carbocycles. The first-order valence-corrected chi connectivity index (χ1v) is 9.22. The topological polar surface area (TPSA) is 167 Å². The van der Waals surface area contributed by atoms with Crippen LogP contribution in [0.4, 0.5) is 5.69 Å². The Morgan fingerprint density at radius 2 is 1.93 bits per heavy atom. The van der Waals surface area contributed by atoms with E-state index < -0.39 is 29.4 Å². The van der Waals surface area contributed by atoms with E-state index >= 15 is 0 Å². The third-order valence-corrected chi connectivity index (χ3v) is 4.84. The lowest BCUT2D eigenvalue weighted by Crippen LogP contribution is -2.36. The van der Waals surface area contributed by atoms with Gasteiger partial charge in [0.25, 0.3) is 11.5 Å². The van der Waals surface area contributed by atoms with Crippen molar-refractivity contribution in [2.75, 3.05) is 5.32 Å². The van der Waals surface area contributed by atoms with Gasteiger partial charge >= 0.3 is 5.97 Å². The van der Waals surface area contributed by atoms with Crippen molar-refractivity contribution in [1.82, 2.24) is 9.88 Å². The Hall–Kier alpha value is -3.95. The minimum absolute atomic E-state index is 0.0699. The van der Waals surface area contributed by atoms with Gasteiger partial charge in [-0.15, -0.1) is 0 Å². The minimum atomic E-state index is -1.05. The summed E-state index contributed by atoms with van der Waals surface area (Å²) in [6.07, 6.45) is 1.55. The Kier molecular flexibility index (Phi) is 5.95. The van der Waals surface area contributed by atoms with E-state index in [0.717, 1.165) is 0 Å². The fraction of sp³-hybridized carbons (Fsp3) is 0.250. The Morgan fingerprint density at radius 1 is 1.23 bits per heavy atom. The Balaban J connectivity index is 1.71. The van der Waals surface area contributed by atoms with Gasteiger partial charge in [0.1, 0.15) is 11.4 Å². The molecule has 156 valence electrons. The van der Waals surface area contributed by atoms with Gasteiger partial charge in [0.2, 0.25) is 5.91 Å². The summed E-state index contributed by atoms with van der Waals surface area (Å²) in [7, 11) is 0. The highest BCUT2D eigenvalue weighted by Gasteiger charge is 2.33. The highest BCUT2D eigenvalue weighted by atomic mass is 16.4. The van der Waals surface area contributed by atoms with Gasteiger partial charge in [-0.25, -0.2) is 0 Å². The second kappa shape index (κ2) is 8.60. The number of aromatic nitrogens is 1. The number of pyridine rings is 1. The molecule has 2 heterocycles. The van der Waals surface area contributed by atoms with Crippen LogP contribution in [-0.4, -0.2) is 39.3 Å².